The highest BCUT2D eigenvalue weighted by molar-refractivity contribution is 7.89. The fourth-order valence-electron chi connectivity index (χ4n) is 5.26. The first kappa shape index (κ1) is 25.0. The molecule has 1 aromatic heterocycles. The van der Waals surface area contributed by atoms with Gasteiger partial charge in [0, 0.05) is 23.6 Å². The number of piperidine rings is 1. The van der Waals surface area contributed by atoms with Crippen LogP contribution >= 0.6 is 0 Å². The van der Waals surface area contributed by atoms with E-state index in [1.807, 2.05) is 6.07 Å². The Morgan fingerprint density at radius 2 is 1.85 bits per heavy atom. The molecule has 2 aromatic carbocycles. The molecule has 2 heterocycles. The zero-order valence-electron chi connectivity index (χ0n) is 20.6. The third-order valence-electron chi connectivity index (χ3n) is 7.47. The van der Waals surface area contributed by atoms with Gasteiger partial charge in [0.2, 0.25) is 10.0 Å². The molecule has 1 atom stereocenters. The van der Waals surface area contributed by atoms with Gasteiger partial charge in [-0.3, -0.25) is 0 Å². The topological polar surface area (TPSA) is 65.2 Å². The Morgan fingerprint density at radius 3 is 2.59 bits per heavy atom. The Hall–Kier alpha value is -2.15. The molecular weight excluding hydrogens is 442 g/mol. The summed E-state index contributed by atoms with van der Waals surface area (Å²) in [7, 11) is -1.71. The van der Waals surface area contributed by atoms with Crippen LogP contribution < -0.4 is 4.72 Å². The largest absolute Gasteiger partial charge is 0.361 e. The summed E-state index contributed by atoms with van der Waals surface area (Å²) in [5.74, 6) is 1.54. The maximum absolute atomic E-state index is 11.8. The van der Waals surface area contributed by atoms with Crippen LogP contribution in [-0.2, 0) is 22.9 Å². The standard InChI is InChI=1S/C28H39N3O2S/c1-22(25-8-4-3-5-9-25)21-31-16-13-23(14-17-31)7-6-10-26-20-30-28-12-11-24(19-27(26)28)15-18-34(32,33)29-2/h3-5,8-9,11-12,19-20,22-23,29-30H,6-7,10,13-18,21H2,1-2H3. The van der Waals surface area contributed by atoms with Gasteiger partial charge in [-0.05, 0) is 92.9 Å². The Morgan fingerprint density at radius 1 is 1.09 bits per heavy atom. The highest BCUT2D eigenvalue weighted by Gasteiger charge is 2.21. The number of nitrogens with one attached hydrogen (secondary N) is 2. The Labute approximate surface area is 205 Å². The van der Waals surface area contributed by atoms with E-state index < -0.39 is 10.0 Å². The summed E-state index contributed by atoms with van der Waals surface area (Å²) in [6, 6.07) is 17.1. The summed E-state index contributed by atoms with van der Waals surface area (Å²) in [5, 5.41) is 1.24. The molecule has 1 aliphatic rings. The summed E-state index contributed by atoms with van der Waals surface area (Å²) in [4.78, 5) is 6.03. The molecule has 3 aromatic rings. The van der Waals surface area contributed by atoms with Crippen LogP contribution in [0.15, 0.2) is 54.7 Å². The van der Waals surface area contributed by atoms with Crippen molar-refractivity contribution in [3.05, 3.63) is 71.4 Å². The van der Waals surface area contributed by atoms with Gasteiger partial charge in [-0.15, -0.1) is 0 Å². The molecule has 0 aliphatic carbocycles. The second-order valence-electron chi connectivity index (χ2n) is 9.91. The number of aromatic amines is 1. The fraction of sp³-hybridized carbons (Fsp3) is 0.500. The van der Waals surface area contributed by atoms with E-state index in [2.05, 4.69) is 70.2 Å². The molecule has 1 unspecified atom stereocenters. The third kappa shape index (κ3) is 6.71. The van der Waals surface area contributed by atoms with E-state index in [1.165, 1.54) is 62.3 Å². The quantitative estimate of drug-likeness (QED) is 0.401. The lowest BCUT2D eigenvalue weighted by molar-refractivity contribution is 0.171. The number of sulfonamides is 1. The molecule has 34 heavy (non-hydrogen) atoms. The lowest BCUT2D eigenvalue weighted by Crippen LogP contribution is -2.36. The number of fused-ring (bicyclic) bond motifs is 1. The second kappa shape index (κ2) is 11.5. The molecule has 0 bridgehead atoms. The van der Waals surface area contributed by atoms with Gasteiger partial charge < -0.3 is 9.88 Å². The van der Waals surface area contributed by atoms with Gasteiger partial charge in [0.15, 0.2) is 0 Å². The van der Waals surface area contributed by atoms with Crippen LogP contribution in [0, 0.1) is 5.92 Å². The number of hydrogen-bond acceptors (Lipinski definition) is 3. The third-order valence-corrected chi connectivity index (χ3v) is 8.83. The molecule has 0 spiro atoms. The minimum absolute atomic E-state index is 0.123. The number of rotatable bonds is 11. The number of benzene rings is 2. The van der Waals surface area contributed by atoms with Crippen molar-refractivity contribution in [3.63, 3.8) is 0 Å². The SMILES string of the molecule is CNS(=O)(=O)CCc1ccc2[nH]cc(CCCC3CCN(CC(C)c4ccccc4)CC3)c2c1. The second-order valence-corrected chi connectivity index (χ2v) is 12.0. The summed E-state index contributed by atoms with van der Waals surface area (Å²) in [6.45, 7) is 5.93. The summed E-state index contributed by atoms with van der Waals surface area (Å²) >= 11 is 0. The Balaban J connectivity index is 1.23. The lowest BCUT2D eigenvalue weighted by atomic mass is 9.90. The molecular formula is C28H39N3O2S. The molecule has 184 valence electrons. The first-order chi connectivity index (χ1) is 16.4. The molecule has 2 N–H and O–H groups in total. The predicted octanol–water partition coefficient (Wildman–Crippen LogP) is 5.10. The van der Waals surface area contributed by atoms with Gasteiger partial charge in [-0.2, -0.15) is 0 Å². The van der Waals surface area contributed by atoms with Crippen LogP contribution in [0.1, 0.15) is 55.2 Å². The highest BCUT2D eigenvalue weighted by Crippen LogP contribution is 2.27. The van der Waals surface area contributed by atoms with Crippen LogP contribution in [-0.4, -0.2) is 50.7 Å². The van der Waals surface area contributed by atoms with Crippen molar-refractivity contribution in [1.29, 1.82) is 0 Å². The van der Waals surface area contributed by atoms with Gasteiger partial charge >= 0.3 is 0 Å². The zero-order valence-corrected chi connectivity index (χ0v) is 21.4. The van der Waals surface area contributed by atoms with E-state index in [4.69, 9.17) is 0 Å². The van der Waals surface area contributed by atoms with Gasteiger partial charge in [-0.1, -0.05) is 49.7 Å². The molecule has 1 fully saturated rings. The summed E-state index contributed by atoms with van der Waals surface area (Å²) in [6.07, 6.45) is 8.84. The van der Waals surface area contributed by atoms with Crippen molar-refractivity contribution in [2.75, 3.05) is 32.4 Å². The minimum Gasteiger partial charge on any atom is -0.361 e. The van der Waals surface area contributed by atoms with E-state index in [1.54, 1.807) is 0 Å². The molecule has 0 radical (unpaired) electrons. The van der Waals surface area contributed by atoms with Crippen molar-refractivity contribution in [2.45, 2.75) is 51.4 Å². The number of hydrogen-bond donors (Lipinski definition) is 2. The molecule has 6 heteroatoms. The number of aryl methyl sites for hydroxylation is 2. The van der Waals surface area contributed by atoms with Crippen LogP contribution in [0.25, 0.3) is 10.9 Å². The van der Waals surface area contributed by atoms with Crippen LogP contribution in [0.2, 0.25) is 0 Å². The van der Waals surface area contributed by atoms with Gasteiger partial charge in [0.1, 0.15) is 0 Å². The van der Waals surface area contributed by atoms with Crippen molar-refractivity contribution >= 4 is 20.9 Å². The number of likely N-dealkylation sites (tertiary alicyclic amines) is 1. The first-order valence-electron chi connectivity index (χ1n) is 12.7. The van der Waals surface area contributed by atoms with Gasteiger partial charge in [0.25, 0.3) is 0 Å². The molecule has 0 amide bonds. The van der Waals surface area contributed by atoms with E-state index >= 15 is 0 Å². The van der Waals surface area contributed by atoms with Crippen molar-refractivity contribution in [2.24, 2.45) is 5.92 Å². The smallest absolute Gasteiger partial charge is 0.211 e. The van der Waals surface area contributed by atoms with E-state index in [9.17, 15) is 8.42 Å². The number of aromatic nitrogens is 1. The van der Waals surface area contributed by atoms with Crippen LogP contribution in [0.5, 0.6) is 0 Å². The Bertz CT molecular complexity index is 1150. The summed E-state index contributed by atoms with van der Waals surface area (Å²) in [5.41, 5.74) is 5.00. The van der Waals surface area contributed by atoms with Crippen LogP contribution in [0.4, 0.5) is 0 Å². The summed E-state index contributed by atoms with van der Waals surface area (Å²) < 4.78 is 25.9. The van der Waals surface area contributed by atoms with E-state index in [-0.39, 0.29) is 5.75 Å². The molecule has 0 saturated carbocycles. The molecule has 4 rings (SSSR count). The Kier molecular flexibility index (Phi) is 8.46. The maximum Gasteiger partial charge on any atom is 0.211 e. The maximum atomic E-state index is 11.8. The molecule has 5 nitrogen and oxygen atoms in total. The normalized spacial score (nSPS) is 16.8. The number of nitrogens with zero attached hydrogens (tertiary/aromatic N) is 1. The minimum atomic E-state index is -3.18. The lowest BCUT2D eigenvalue weighted by Gasteiger charge is -2.33. The fourth-order valence-corrected chi connectivity index (χ4v) is 5.96. The molecule has 1 aliphatic heterocycles. The highest BCUT2D eigenvalue weighted by atomic mass is 32.2. The van der Waals surface area contributed by atoms with Crippen molar-refractivity contribution < 1.29 is 8.42 Å². The van der Waals surface area contributed by atoms with Crippen LogP contribution in [0.3, 0.4) is 0 Å². The van der Waals surface area contributed by atoms with Gasteiger partial charge in [-0.25, -0.2) is 13.1 Å². The van der Waals surface area contributed by atoms with E-state index in [0.29, 0.717) is 12.3 Å². The average molecular weight is 482 g/mol. The van der Waals surface area contributed by atoms with Gasteiger partial charge in [0.05, 0.1) is 5.75 Å². The van der Waals surface area contributed by atoms with E-state index in [0.717, 1.165) is 30.0 Å². The zero-order chi connectivity index (χ0) is 24.0. The monoisotopic (exact) mass is 481 g/mol. The molecule has 1 saturated heterocycles. The first-order valence-corrected chi connectivity index (χ1v) is 14.4. The van der Waals surface area contributed by atoms with Crippen molar-refractivity contribution in [3.8, 4) is 0 Å². The van der Waals surface area contributed by atoms with Crippen molar-refractivity contribution in [1.82, 2.24) is 14.6 Å². The predicted molar refractivity (Wildman–Crippen MR) is 142 cm³/mol. The number of H-pyrrole nitrogens is 1. The average Bonchev–Trinajstić information content (AvgIpc) is 3.26.